The molecule has 1 atom stereocenters. The second-order valence-corrected chi connectivity index (χ2v) is 12.9. The van der Waals surface area contributed by atoms with Crippen molar-refractivity contribution in [2.24, 2.45) is 5.92 Å². The Hall–Kier alpha value is -3.07. The van der Waals surface area contributed by atoms with Gasteiger partial charge in [0, 0.05) is 13.1 Å². The molecule has 0 aliphatic heterocycles. The predicted octanol–water partition coefficient (Wildman–Crippen LogP) is 6.33. The summed E-state index contributed by atoms with van der Waals surface area (Å²) < 4.78 is 28.9. The Morgan fingerprint density at radius 1 is 0.878 bits per heavy atom. The van der Waals surface area contributed by atoms with E-state index in [1.165, 1.54) is 17.0 Å². The van der Waals surface area contributed by atoms with E-state index in [4.69, 9.17) is 23.2 Å². The van der Waals surface area contributed by atoms with Crippen LogP contribution in [0.4, 0.5) is 5.69 Å². The number of hydrogen-bond donors (Lipinski definition) is 1. The predicted molar refractivity (Wildman–Crippen MR) is 166 cm³/mol. The van der Waals surface area contributed by atoms with Crippen LogP contribution >= 0.6 is 23.2 Å². The van der Waals surface area contributed by atoms with Crippen LogP contribution in [0, 0.1) is 5.92 Å². The number of hydrogen-bond acceptors (Lipinski definition) is 4. The lowest BCUT2D eigenvalue weighted by atomic mass is 10.1. The molecular weight excluding hydrogens is 581 g/mol. The Bertz CT molecular complexity index is 1430. The second-order valence-electron chi connectivity index (χ2n) is 10.2. The smallest absolute Gasteiger partial charge is 0.264 e. The van der Waals surface area contributed by atoms with E-state index < -0.39 is 28.5 Å². The van der Waals surface area contributed by atoms with Crippen molar-refractivity contribution in [1.82, 2.24) is 10.2 Å². The quantitative estimate of drug-likeness (QED) is 0.243. The van der Waals surface area contributed by atoms with E-state index >= 15 is 0 Å². The Morgan fingerprint density at radius 3 is 2.07 bits per heavy atom. The average molecular weight is 619 g/mol. The van der Waals surface area contributed by atoms with Gasteiger partial charge >= 0.3 is 0 Å². The number of amides is 2. The fourth-order valence-corrected chi connectivity index (χ4v) is 6.08. The highest BCUT2D eigenvalue weighted by molar-refractivity contribution is 7.92. The van der Waals surface area contributed by atoms with E-state index in [-0.39, 0.29) is 23.3 Å². The molecule has 0 aliphatic carbocycles. The molecule has 3 aromatic carbocycles. The highest BCUT2D eigenvalue weighted by atomic mass is 35.5. The summed E-state index contributed by atoms with van der Waals surface area (Å²) in [6.45, 7) is 7.77. The third-order valence-corrected chi connectivity index (χ3v) is 9.18. The number of nitrogens with zero attached hydrogens (tertiary/aromatic N) is 2. The van der Waals surface area contributed by atoms with E-state index in [9.17, 15) is 18.0 Å². The molecule has 1 N–H and O–H groups in total. The number of rotatable bonds is 13. The SMILES string of the molecule is CCc1ccc(N(CC(=O)N(Cc2ccc(Cl)c(Cl)c2)[C@@H](CC)C(=O)NCC(C)C)S(=O)(=O)c2ccccc2)cc1. The van der Waals surface area contributed by atoms with Gasteiger partial charge in [-0.15, -0.1) is 0 Å². The number of benzene rings is 3. The first-order valence-corrected chi connectivity index (χ1v) is 15.8. The van der Waals surface area contributed by atoms with Gasteiger partial charge in [-0.1, -0.05) is 87.3 Å². The summed E-state index contributed by atoms with van der Waals surface area (Å²) in [6, 6.07) is 19.2. The molecule has 0 unspecified atom stereocenters. The van der Waals surface area contributed by atoms with E-state index in [2.05, 4.69) is 5.32 Å². The molecule has 0 aliphatic rings. The van der Waals surface area contributed by atoms with Crippen molar-refractivity contribution in [3.8, 4) is 0 Å². The van der Waals surface area contributed by atoms with Crippen molar-refractivity contribution in [2.75, 3.05) is 17.4 Å². The number of sulfonamides is 1. The van der Waals surface area contributed by atoms with Crippen LogP contribution in [0.2, 0.25) is 10.0 Å². The fraction of sp³-hybridized carbons (Fsp3) is 0.355. The normalized spacial score (nSPS) is 12.2. The summed E-state index contributed by atoms with van der Waals surface area (Å²) in [5.74, 6) is -0.616. The van der Waals surface area contributed by atoms with Crippen molar-refractivity contribution in [1.29, 1.82) is 0 Å². The first kappa shape index (κ1) is 32.4. The van der Waals surface area contributed by atoms with Crippen LogP contribution in [-0.2, 0) is 32.6 Å². The Morgan fingerprint density at radius 2 is 1.51 bits per heavy atom. The maximum absolute atomic E-state index is 14.1. The minimum atomic E-state index is -4.11. The lowest BCUT2D eigenvalue weighted by Gasteiger charge is -2.33. The molecule has 0 fully saturated rings. The summed E-state index contributed by atoms with van der Waals surface area (Å²) in [5, 5.41) is 3.60. The molecule has 0 aromatic heterocycles. The Balaban J connectivity index is 2.05. The zero-order valence-electron chi connectivity index (χ0n) is 23.8. The molecular formula is C31H37Cl2N3O4S. The molecule has 2 amide bonds. The van der Waals surface area contributed by atoms with Crippen LogP contribution in [0.25, 0.3) is 0 Å². The van der Waals surface area contributed by atoms with Crippen LogP contribution in [0.15, 0.2) is 77.7 Å². The number of carbonyl (C=O) groups excluding carboxylic acids is 2. The van der Waals surface area contributed by atoms with E-state index in [1.807, 2.05) is 39.8 Å². The van der Waals surface area contributed by atoms with Gasteiger partial charge in [-0.05, 0) is 66.3 Å². The minimum Gasteiger partial charge on any atom is -0.354 e. The van der Waals surface area contributed by atoms with Gasteiger partial charge in [0.1, 0.15) is 12.6 Å². The van der Waals surface area contributed by atoms with Crippen molar-refractivity contribution in [3.63, 3.8) is 0 Å². The standard InChI is InChI=1S/C31H37Cl2N3O4S/c1-5-23-12-15-25(16-13-23)36(41(39,40)26-10-8-7-9-11-26)21-30(37)35(20-24-14-17-27(32)28(33)18-24)29(6-2)31(38)34-19-22(3)4/h7-18,22,29H,5-6,19-21H2,1-4H3,(H,34,38)/t29-/m0/s1. The zero-order valence-corrected chi connectivity index (χ0v) is 26.1. The Labute approximate surface area is 253 Å². The van der Waals surface area contributed by atoms with Crippen LogP contribution in [-0.4, -0.2) is 44.3 Å². The van der Waals surface area contributed by atoms with Gasteiger partial charge < -0.3 is 10.2 Å². The average Bonchev–Trinajstić information content (AvgIpc) is 2.96. The summed E-state index contributed by atoms with van der Waals surface area (Å²) in [5.41, 5.74) is 2.05. The van der Waals surface area contributed by atoms with Gasteiger partial charge in [0.15, 0.2) is 0 Å². The van der Waals surface area contributed by atoms with Gasteiger partial charge in [-0.25, -0.2) is 8.42 Å². The van der Waals surface area contributed by atoms with Crippen molar-refractivity contribution < 1.29 is 18.0 Å². The van der Waals surface area contributed by atoms with Crippen LogP contribution < -0.4 is 9.62 Å². The highest BCUT2D eigenvalue weighted by Crippen LogP contribution is 2.27. The summed E-state index contributed by atoms with van der Waals surface area (Å²) in [6.07, 6.45) is 1.11. The molecule has 0 saturated carbocycles. The summed E-state index contributed by atoms with van der Waals surface area (Å²) in [7, 11) is -4.11. The monoisotopic (exact) mass is 617 g/mol. The molecule has 10 heteroatoms. The van der Waals surface area contributed by atoms with Crippen LogP contribution in [0.5, 0.6) is 0 Å². The number of aryl methyl sites for hydroxylation is 1. The van der Waals surface area contributed by atoms with E-state index in [0.717, 1.165) is 16.3 Å². The molecule has 7 nitrogen and oxygen atoms in total. The first-order chi connectivity index (χ1) is 19.5. The first-order valence-electron chi connectivity index (χ1n) is 13.7. The molecule has 0 radical (unpaired) electrons. The molecule has 0 bridgehead atoms. The Kier molecular flexibility index (Phi) is 11.6. The third kappa shape index (κ3) is 8.47. The molecule has 3 aromatic rings. The summed E-state index contributed by atoms with van der Waals surface area (Å²) in [4.78, 5) is 28.9. The lowest BCUT2D eigenvalue weighted by Crippen LogP contribution is -2.52. The number of nitrogens with one attached hydrogen (secondary N) is 1. The van der Waals surface area contributed by atoms with Crippen LogP contribution in [0.3, 0.4) is 0 Å². The van der Waals surface area contributed by atoms with Gasteiger partial charge in [-0.3, -0.25) is 13.9 Å². The topological polar surface area (TPSA) is 86.8 Å². The maximum atomic E-state index is 14.1. The highest BCUT2D eigenvalue weighted by Gasteiger charge is 2.33. The van der Waals surface area contributed by atoms with Gasteiger partial charge in [0.25, 0.3) is 10.0 Å². The lowest BCUT2D eigenvalue weighted by molar-refractivity contribution is -0.140. The largest absolute Gasteiger partial charge is 0.354 e. The summed E-state index contributed by atoms with van der Waals surface area (Å²) >= 11 is 12.4. The molecule has 3 rings (SSSR count). The number of carbonyl (C=O) groups is 2. The van der Waals surface area contributed by atoms with E-state index in [1.54, 1.807) is 48.5 Å². The molecule has 220 valence electrons. The van der Waals surface area contributed by atoms with Gasteiger partial charge in [0.05, 0.1) is 20.6 Å². The van der Waals surface area contributed by atoms with Crippen molar-refractivity contribution in [3.05, 3.63) is 94.0 Å². The van der Waals surface area contributed by atoms with Gasteiger partial charge in [0.2, 0.25) is 11.8 Å². The minimum absolute atomic E-state index is 0.0390. The molecule has 0 spiro atoms. The zero-order chi connectivity index (χ0) is 30.2. The van der Waals surface area contributed by atoms with Gasteiger partial charge in [-0.2, -0.15) is 0 Å². The molecule has 0 saturated heterocycles. The molecule has 0 heterocycles. The van der Waals surface area contributed by atoms with Crippen molar-refractivity contribution in [2.45, 2.75) is 58.0 Å². The third-order valence-electron chi connectivity index (χ3n) is 6.65. The van der Waals surface area contributed by atoms with Crippen molar-refractivity contribution >= 4 is 50.7 Å². The number of halogens is 2. The number of anilines is 1. The fourth-order valence-electron chi connectivity index (χ4n) is 4.32. The van der Waals surface area contributed by atoms with E-state index in [0.29, 0.717) is 34.3 Å². The molecule has 41 heavy (non-hydrogen) atoms. The second kappa shape index (κ2) is 14.7. The van der Waals surface area contributed by atoms with Crippen LogP contribution in [0.1, 0.15) is 45.2 Å². The maximum Gasteiger partial charge on any atom is 0.264 e.